The van der Waals surface area contributed by atoms with E-state index in [9.17, 15) is 14.4 Å². The van der Waals surface area contributed by atoms with Crippen molar-refractivity contribution in [1.29, 1.82) is 0 Å². The molecule has 7 nitrogen and oxygen atoms in total. The zero-order valence-electron chi connectivity index (χ0n) is 19.0. The van der Waals surface area contributed by atoms with Crippen LogP contribution in [0.5, 0.6) is 0 Å². The van der Waals surface area contributed by atoms with E-state index in [4.69, 9.17) is 0 Å². The molecule has 0 aromatic heterocycles. The molecular formula is C26H32N4O3. The molecule has 1 unspecified atom stereocenters. The van der Waals surface area contributed by atoms with Crippen molar-refractivity contribution < 1.29 is 14.4 Å². The Labute approximate surface area is 194 Å². The molecule has 4 aliphatic heterocycles. The molecule has 1 saturated carbocycles. The van der Waals surface area contributed by atoms with Crippen molar-refractivity contribution >= 4 is 17.7 Å². The monoisotopic (exact) mass is 448 g/mol. The maximum atomic E-state index is 13.1. The maximum Gasteiger partial charge on any atom is 0.255 e. The molecule has 1 aromatic rings. The first-order valence-corrected chi connectivity index (χ1v) is 12.4. The number of hydrogen-bond acceptors (Lipinski definition) is 5. The van der Waals surface area contributed by atoms with E-state index in [2.05, 4.69) is 33.7 Å². The van der Waals surface area contributed by atoms with Gasteiger partial charge in [0.15, 0.2) is 0 Å². The minimum atomic E-state index is -0.722. The fourth-order valence-electron chi connectivity index (χ4n) is 6.73. The van der Waals surface area contributed by atoms with Crippen molar-refractivity contribution in [3.63, 3.8) is 0 Å². The van der Waals surface area contributed by atoms with Crippen molar-refractivity contribution in [3.8, 4) is 0 Å². The van der Waals surface area contributed by atoms with Gasteiger partial charge in [0.05, 0.1) is 0 Å². The van der Waals surface area contributed by atoms with Crippen molar-refractivity contribution in [2.75, 3.05) is 26.2 Å². The van der Waals surface area contributed by atoms with Crippen molar-refractivity contribution in [3.05, 3.63) is 47.0 Å². The molecule has 5 aliphatic rings. The first-order chi connectivity index (χ1) is 16.0. The summed E-state index contributed by atoms with van der Waals surface area (Å²) in [5.74, 6) is -0.498. The highest BCUT2D eigenvalue weighted by molar-refractivity contribution is 6.09. The van der Waals surface area contributed by atoms with Gasteiger partial charge in [-0.3, -0.25) is 19.7 Å². The molecule has 4 heterocycles. The molecule has 7 heteroatoms. The van der Waals surface area contributed by atoms with Gasteiger partial charge in [-0.15, -0.1) is 0 Å². The van der Waals surface area contributed by atoms with Crippen LogP contribution in [0, 0.1) is 5.41 Å². The van der Waals surface area contributed by atoms with Gasteiger partial charge in [0.25, 0.3) is 11.8 Å². The number of carbonyl (C=O) groups is 3. The molecule has 174 valence electrons. The number of hydrogen-bond donors (Lipinski definition) is 2. The predicted molar refractivity (Wildman–Crippen MR) is 123 cm³/mol. The lowest BCUT2D eigenvalue weighted by molar-refractivity contribution is -0.131. The van der Waals surface area contributed by atoms with E-state index in [-0.39, 0.29) is 5.91 Å². The van der Waals surface area contributed by atoms with E-state index in [1.807, 2.05) is 0 Å². The number of benzene rings is 1. The van der Waals surface area contributed by atoms with Crippen LogP contribution in [0.1, 0.15) is 65.9 Å². The predicted octanol–water partition coefficient (Wildman–Crippen LogP) is 1.94. The van der Waals surface area contributed by atoms with Crippen LogP contribution in [-0.4, -0.2) is 65.8 Å². The number of amides is 3. The van der Waals surface area contributed by atoms with E-state index >= 15 is 0 Å². The van der Waals surface area contributed by atoms with Crippen molar-refractivity contribution in [2.24, 2.45) is 5.41 Å². The summed E-state index contributed by atoms with van der Waals surface area (Å²) in [6.45, 7) is 5.05. The standard InChI is InChI=1S/C26H32N4O3/c31-23-4-3-22(24(32)28-23)30-16-19-2-1-18(13-21(19)25(30)33)17-5-11-29(12-6-17)20-14-26(15-20)7-9-27-10-8-26/h1-4,13,17,20,22,27H,5-12,14-16H2,(H,28,31,32). The molecule has 6 rings (SSSR count). The molecule has 2 saturated heterocycles. The molecular weight excluding hydrogens is 416 g/mol. The van der Waals surface area contributed by atoms with Gasteiger partial charge >= 0.3 is 0 Å². The van der Waals surface area contributed by atoms with Crippen LogP contribution in [0.2, 0.25) is 0 Å². The number of rotatable bonds is 3. The van der Waals surface area contributed by atoms with E-state index in [0.717, 1.165) is 37.5 Å². The van der Waals surface area contributed by atoms with Gasteiger partial charge in [0.1, 0.15) is 6.04 Å². The Bertz CT molecular complexity index is 1010. The fraction of sp³-hybridized carbons (Fsp3) is 0.577. The zero-order chi connectivity index (χ0) is 22.6. The largest absolute Gasteiger partial charge is 0.319 e. The molecule has 1 spiro atoms. The summed E-state index contributed by atoms with van der Waals surface area (Å²) in [6.07, 6.45) is 10.6. The van der Waals surface area contributed by atoms with Crippen LogP contribution in [0.25, 0.3) is 0 Å². The Morgan fingerprint density at radius 2 is 1.76 bits per heavy atom. The number of nitrogens with one attached hydrogen (secondary N) is 2. The molecule has 33 heavy (non-hydrogen) atoms. The minimum Gasteiger partial charge on any atom is -0.319 e. The van der Waals surface area contributed by atoms with Gasteiger partial charge in [0.2, 0.25) is 5.91 Å². The van der Waals surface area contributed by atoms with Crippen molar-refractivity contribution in [2.45, 2.75) is 63.1 Å². The summed E-state index contributed by atoms with van der Waals surface area (Å²) in [6, 6.07) is 6.32. The molecule has 1 aromatic carbocycles. The van der Waals surface area contributed by atoms with Gasteiger partial charge in [-0.25, -0.2) is 0 Å². The number of fused-ring (bicyclic) bond motifs is 1. The van der Waals surface area contributed by atoms with Crippen LogP contribution in [0.3, 0.4) is 0 Å². The van der Waals surface area contributed by atoms with Crippen LogP contribution in [0.15, 0.2) is 30.4 Å². The number of nitrogens with zero attached hydrogens (tertiary/aromatic N) is 2. The number of likely N-dealkylation sites (tertiary alicyclic amines) is 1. The molecule has 0 bridgehead atoms. The van der Waals surface area contributed by atoms with Gasteiger partial charge in [-0.2, -0.15) is 0 Å². The van der Waals surface area contributed by atoms with Crippen LogP contribution >= 0.6 is 0 Å². The molecule has 3 fully saturated rings. The zero-order valence-corrected chi connectivity index (χ0v) is 19.0. The highest BCUT2D eigenvalue weighted by Gasteiger charge is 2.47. The van der Waals surface area contributed by atoms with Crippen LogP contribution in [0.4, 0.5) is 0 Å². The third-order valence-corrected chi connectivity index (χ3v) is 8.77. The lowest BCUT2D eigenvalue weighted by Gasteiger charge is -2.55. The number of imide groups is 1. The normalized spacial score (nSPS) is 28.2. The minimum absolute atomic E-state index is 0.120. The first kappa shape index (κ1) is 21.1. The summed E-state index contributed by atoms with van der Waals surface area (Å²) in [4.78, 5) is 41.0. The van der Waals surface area contributed by atoms with Gasteiger partial charge in [0, 0.05) is 24.2 Å². The summed E-state index contributed by atoms with van der Waals surface area (Å²) >= 11 is 0. The summed E-state index contributed by atoms with van der Waals surface area (Å²) < 4.78 is 0. The Morgan fingerprint density at radius 1 is 1.00 bits per heavy atom. The molecule has 3 amide bonds. The van der Waals surface area contributed by atoms with E-state index < -0.39 is 17.9 Å². The lowest BCUT2D eigenvalue weighted by atomic mass is 9.60. The van der Waals surface area contributed by atoms with Crippen molar-refractivity contribution in [1.82, 2.24) is 20.4 Å². The smallest absolute Gasteiger partial charge is 0.255 e. The second-order valence-corrected chi connectivity index (χ2v) is 10.6. The third-order valence-electron chi connectivity index (χ3n) is 8.77. The fourth-order valence-corrected chi connectivity index (χ4v) is 6.73. The Morgan fingerprint density at radius 3 is 2.48 bits per heavy atom. The quantitative estimate of drug-likeness (QED) is 0.691. The average molecular weight is 449 g/mol. The second kappa shape index (κ2) is 8.06. The van der Waals surface area contributed by atoms with Gasteiger partial charge < -0.3 is 15.1 Å². The second-order valence-electron chi connectivity index (χ2n) is 10.6. The first-order valence-electron chi connectivity index (χ1n) is 12.4. The lowest BCUT2D eigenvalue weighted by Crippen LogP contribution is -2.55. The average Bonchev–Trinajstić information content (AvgIpc) is 3.14. The van der Waals surface area contributed by atoms with Gasteiger partial charge in [-0.05, 0) is 99.3 Å². The Kier molecular flexibility index (Phi) is 5.14. The van der Waals surface area contributed by atoms with E-state index in [0.29, 0.717) is 23.4 Å². The molecule has 1 atom stereocenters. The Hall–Kier alpha value is -2.51. The highest BCUT2D eigenvalue weighted by atomic mass is 16.2. The van der Waals surface area contributed by atoms with Gasteiger partial charge in [-0.1, -0.05) is 12.1 Å². The van der Waals surface area contributed by atoms with Crippen LogP contribution < -0.4 is 10.6 Å². The summed E-state index contributed by atoms with van der Waals surface area (Å²) in [7, 11) is 0. The highest BCUT2D eigenvalue weighted by Crippen LogP contribution is 2.50. The number of carbonyl (C=O) groups excluding carboxylic acids is 3. The molecule has 0 radical (unpaired) electrons. The third kappa shape index (κ3) is 3.71. The van der Waals surface area contributed by atoms with E-state index in [1.54, 1.807) is 4.90 Å². The molecule has 1 aliphatic carbocycles. The Balaban J connectivity index is 1.08. The maximum absolute atomic E-state index is 13.1. The summed E-state index contributed by atoms with van der Waals surface area (Å²) in [5, 5.41) is 5.79. The summed E-state index contributed by atoms with van der Waals surface area (Å²) in [5.41, 5.74) is 3.53. The molecule has 2 N–H and O–H groups in total. The topological polar surface area (TPSA) is 81.8 Å². The van der Waals surface area contributed by atoms with Crippen LogP contribution in [-0.2, 0) is 16.1 Å². The number of piperidine rings is 2. The van der Waals surface area contributed by atoms with E-state index in [1.165, 1.54) is 56.5 Å². The SMILES string of the molecule is O=C1C=CC(N2Cc3ccc(C4CCN(C5CC6(CCNCC6)C5)CC4)cc3C2=O)C(=O)N1.